The highest BCUT2D eigenvalue weighted by Gasteiger charge is 2.10. The summed E-state index contributed by atoms with van der Waals surface area (Å²) in [5.41, 5.74) is 1.04. The van der Waals surface area contributed by atoms with Gasteiger partial charge in [0.1, 0.15) is 0 Å². The van der Waals surface area contributed by atoms with Crippen molar-refractivity contribution in [2.45, 2.75) is 12.8 Å². The molecule has 1 aromatic rings. The molecule has 0 fully saturated rings. The predicted molar refractivity (Wildman–Crippen MR) is 77.4 cm³/mol. The quantitative estimate of drug-likeness (QED) is 0.737. The Hall–Kier alpha value is -2.37. The van der Waals surface area contributed by atoms with Crippen molar-refractivity contribution < 1.29 is 19.1 Å². The zero-order valence-corrected chi connectivity index (χ0v) is 12.3. The summed E-state index contributed by atoms with van der Waals surface area (Å²) in [6, 6.07) is 9.55. The Balaban J connectivity index is 2.18. The molecule has 0 atom stereocenters. The maximum atomic E-state index is 11.5. The van der Waals surface area contributed by atoms with Gasteiger partial charge in [-0.1, -0.05) is 30.3 Å². The molecule has 6 heteroatoms. The average molecular weight is 292 g/mol. The van der Waals surface area contributed by atoms with Crippen LogP contribution in [0.4, 0.5) is 0 Å². The number of esters is 1. The third-order valence-corrected chi connectivity index (χ3v) is 2.76. The normalized spacial score (nSPS) is 9.81. The Bertz CT molecular complexity index is 486. The van der Waals surface area contributed by atoms with Crippen molar-refractivity contribution in [3.8, 4) is 0 Å². The summed E-state index contributed by atoms with van der Waals surface area (Å²) < 4.78 is 4.84. The van der Waals surface area contributed by atoms with Crippen LogP contribution >= 0.6 is 0 Å². The van der Waals surface area contributed by atoms with E-state index >= 15 is 0 Å². The van der Waals surface area contributed by atoms with Crippen LogP contribution in [0.5, 0.6) is 0 Å². The molecule has 0 saturated heterocycles. The zero-order chi connectivity index (χ0) is 15.7. The Kier molecular flexibility index (Phi) is 6.94. The third kappa shape index (κ3) is 7.10. The van der Waals surface area contributed by atoms with E-state index in [-0.39, 0.29) is 25.5 Å². The lowest BCUT2D eigenvalue weighted by atomic mass is 10.1. The summed E-state index contributed by atoms with van der Waals surface area (Å²) >= 11 is 0. The van der Waals surface area contributed by atoms with Crippen LogP contribution in [-0.2, 0) is 25.5 Å². The lowest BCUT2D eigenvalue weighted by molar-refractivity contribution is -0.148. The molecule has 0 saturated carbocycles. The number of likely N-dealkylation sites (N-methyl/N-ethyl adjacent to an activating group) is 1. The van der Waals surface area contributed by atoms with Crippen molar-refractivity contribution in [2.24, 2.45) is 0 Å². The second-order valence-electron chi connectivity index (χ2n) is 4.71. The first-order valence-corrected chi connectivity index (χ1v) is 6.65. The summed E-state index contributed by atoms with van der Waals surface area (Å²) in [6.45, 7) is -0.471. The monoisotopic (exact) mass is 292 g/mol. The fourth-order valence-corrected chi connectivity index (χ4v) is 1.49. The highest BCUT2D eigenvalue weighted by Crippen LogP contribution is 2.03. The molecule has 0 unspecified atom stereocenters. The first-order valence-electron chi connectivity index (χ1n) is 6.65. The van der Waals surface area contributed by atoms with Crippen LogP contribution in [0.15, 0.2) is 30.3 Å². The van der Waals surface area contributed by atoms with Gasteiger partial charge in [0.25, 0.3) is 5.91 Å². The second kappa shape index (κ2) is 8.73. The lowest BCUT2D eigenvalue weighted by Gasteiger charge is -2.11. The molecule has 2 amide bonds. The molecule has 0 aliphatic rings. The average Bonchev–Trinajstić information content (AvgIpc) is 2.49. The number of carbonyl (C=O) groups is 3. The van der Waals surface area contributed by atoms with Gasteiger partial charge in [0.05, 0.1) is 6.54 Å². The number of hydrogen-bond donors (Lipinski definition) is 1. The largest absolute Gasteiger partial charge is 0.456 e. The van der Waals surface area contributed by atoms with E-state index in [0.29, 0.717) is 6.42 Å². The van der Waals surface area contributed by atoms with Crippen LogP contribution in [0, 0.1) is 0 Å². The van der Waals surface area contributed by atoms with Gasteiger partial charge < -0.3 is 15.0 Å². The maximum absolute atomic E-state index is 11.5. The zero-order valence-electron chi connectivity index (χ0n) is 12.3. The number of nitrogens with zero attached hydrogens (tertiary/aromatic N) is 1. The highest BCUT2D eigenvalue weighted by molar-refractivity contribution is 5.86. The van der Waals surface area contributed by atoms with Gasteiger partial charge in [0.2, 0.25) is 5.91 Å². The van der Waals surface area contributed by atoms with Crippen molar-refractivity contribution in [3.63, 3.8) is 0 Å². The molecule has 0 spiro atoms. The van der Waals surface area contributed by atoms with Gasteiger partial charge in [0, 0.05) is 20.5 Å². The fraction of sp³-hybridized carbons (Fsp3) is 0.400. The highest BCUT2D eigenvalue weighted by atomic mass is 16.5. The number of nitrogens with one attached hydrogen (secondary N) is 1. The number of rotatable bonds is 7. The molecule has 0 radical (unpaired) electrons. The number of amides is 2. The van der Waals surface area contributed by atoms with E-state index in [4.69, 9.17) is 4.74 Å². The molecule has 1 rings (SSSR count). The molecule has 6 nitrogen and oxygen atoms in total. The Morgan fingerprint density at radius 3 is 2.43 bits per heavy atom. The Morgan fingerprint density at radius 1 is 1.14 bits per heavy atom. The summed E-state index contributed by atoms with van der Waals surface area (Å²) in [5, 5.41) is 2.39. The van der Waals surface area contributed by atoms with Gasteiger partial charge in [-0.3, -0.25) is 14.4 Å². The first-order chi connectivity index (χ1) is 9.99. The second-order valence-corrected chi connectivity index (χ2v) is 4.71. The van der Waals surface area contributed by atoms with E-state index < -0.39 is 11.9 Å². The van der Waals surface area contributed by atoms with E-state index in [1.54, 1.807) is 14.1 Å². The van der Waals surface area contributed by atoms with Crippen LogP contribution in [0.2, 0.25) is 0 Å². The first kappa shape index (κ1) is 16.7. The molecule has 0 aliphatic heterocycles. The molecule has 21 heavy (non-hydrogen) atoms. The minimum Gasteiger partial charge on any atom is -0.456 e. The van der Waals surface area contributed by atoms with Crippen molar-refractivity contribution in [2.75, 3.05) is 27.2 Å². The van der Waals surface area contributed by atoms with E-state index in [9.17, 15) is 14.4 Å². The number of carbonyl (C=O) groups excluding carboxylic acids is 3. The molecule has 0 aliphatic carbocycles. The van der Waals surface area contributed by atoms with Gasteiger partial charge >= 0.3 is 5.97 Å². The molecule has 114 valence electrons. The molecule has 1 aromatic carbocycles. The SMILES string of the molecule is CN(C)C(=O)CNC(=O)COC(=O)CCc1ccccc1. The molecule has 0 bridgehead atoms. The summed E-state index contributed by atoms with van der Waals surface area (Å²) in [6.07, 6.45) is 0.786. The lowest BCUT2D eigenvalue weighted by Crippen LogP contribution is -2.38. The Morgan fingerprint density at radius 2 is 1.81 bits per heavy atom. The van der Waals surface area contributed by atoms with Crippen LogP contribution < -0.4 is 5.32 Å². The van der Waals surface area contributed by atoms with Gasteiger partial charge in [-0.2, -0.15) is 0 Å². The fourth-order valence-electron chi connectivity index (χ4n) is 1.49. The number of aryl methyl sites for hydroxylation is 1. The molecular formula is C15H20N2O4. The van der Waals surface area contributed by atoms with Crippen molar-refractivity contribution in [3.05, 3.63) is 35.9 Å². The number of ether oxygens (including phenoxy) is 1. The van der Waals surface area contributed by atoms with Crippen LogP contribution in [-0.4, -0.2) is 49.9 Å². The van der Waals surface area contributed by atoms with E-state index in [2.05, 4.69) is 5.32 Å². The van der Waals surface area contributed by atoms with Gasteiger partial charge in [-0.25, -0.2) is 0 Å². The topological polar surface area (TPSA) is 75.7 Å². The molecular weight excluding hydrogens is 272 g/mol. The van der Waals surface area contributed by atoms with Gasteiger partial charge in [-0.05, 0) is 12.0 Å². The minimum atomic E-state index is -0.488. The summed E-state index contributed by atoms with van der Waals surface area (Å²) in [7, 11) is 3.19. The van der Waals surface area contributed by atoms with Crippen LogP contribution in [0.1, 0.15) is 12.0 Å². The smallest absolute Gasteiger partial charge is 0.306 e. The van der Waals surface area contributed by atoms with E-state index in [1.807, 2.05) is 30.3 Å². The van der Waals surface area contributed by atoms with Gasteiger partial charge in [0.15, 0.2) is 6.61 Å². The van der Waals surface area contributed by atoms with Gasteiger partial charge in [-0.15, -0.1) is 0 Å². The third-order valence-electron chi connectivity index (χ3n) is 2.76. The van der Waals surface area contributed by atoms with E-state index in [1.165, 1.54) is 4.90 Å². The van der Waals surface area contributed by atoms with Crippen molar-refractivity contribution >= 4 is 17.8 Å². The van der Waals surface area contributed by atoms with Crippen molar-refractivity contribution in [1.82, 2.24) is 10.2 Å². The number of hydrogen-bond acceptors (Lipinski definition) is 4. The standard InChI is InChI=1S/C15H20N2O4/c1-17(2)14(19)10-16-13(18)11-21-15(20)9-8-12-6-4-3-5-7-12/h3-7H,8-11H2,1-2H3,(H,16,18). The predicted octanol–water partition coefficient (Wildman–Crippen LogP) is 0.367. The summed E-state index contributed by atoms with van der Waals surface area (Å²) in [4.78, 5) is 35.5. The number of benzene rings is 1. The Labute approximate surface area is 124 Å². The minimum absolute atomic E-state index is 0.104. The van der Waals surface area contributed by atoms with Crippen molar-refractivity contribution in [1.29, 1.82) is 0 Å². The maximum Gasteiger partial charge on any atom is 0.306 e. The van der Waals surface area contributed by atoms with E-state index in [0.717, 1.165) is 5.56 Å². The summed E-state index contributed by atoms with van der Waals surface area (Å²) in [5.74, 6) is -1.15. The molecule has 0 aromatic heterocycles. The van der Waals surface area contributed by atoms with Crippen LogP contribution in [0.3, 0.4) is 0 Å². The molecule has 1 N–H and O–H groups in total. The molecule has 0 heterocycles. The van der Waals surface area contributed by atoms with Crippen LogP contribution in [0.25, 0.3) is 0 Å².